The Hall–Kier alpha value is -5.00. The molecule has 2 heterocycles. The molecular weight excluding hydrogens is 529 g/mol. The molecule has 0 atom stereocenters. The molecule has 1 saturated heterocycles. The zero-order chi connectivity index (χ0) is 29.1. The van der Waals surface area contributed by atoms with E-state index in [-0.39, 0.29) is 18.0 Å². The Kier molecular flexibility index (Phi) is 7.67. The number of piperazine rings is 1. The fourth-order valence-corrected chi connectivity index (χ4v) is 5.40. The second-order valence-electron chi connectivity index (χ2n) is 10.5. The Bertz CT molecular complexity index is 1790. The van der Waals surface area contributed by atoms with Gasteiger partial charge in [-0.15, -0.1) is 0 Å². The van der Waals surface area contributed by atoms with Crippen molar-refractivity contribution in [2.45, 2.75) is 26.6 Å². The molecule has 1 fully saturated rings. The average molecular weight is 560 g/mol. The maximum Gasteiger partial charge on any atom is 0.241 e. The predicted octanol–water partition coefficient (Wildman–Crippen LogP) is 5.83. The summed E-state index contributed by atoms with van der Waals surface area (Å²) in [5.74, 6) is 1.08. The van der Waals surface area contributed by atoms with Gasteiger partial charge in [0.05, 0.1) is 23.5 Å². The Labute approximate surface area is 244 Å². The lowest BCUT2D eigenvalue weighted by Gasteiger charge is -2.34. The molecule has 0 bridgehead atoms. The number of halogens is 1. The van der Waals surface area contributed by atoms with Gasteiger partial charge in [0.25, 0.3) is 0 Å². The van der Waals surface area contributed by atoms with Crippen molar-refractivity contribution < 1.29 is 13.9 Å². The van der Waals surface area contributed by atoms with Crippen molar-refractivity contribution in [1.82, 2.24) is 14.5 Å². The van der Waals surface area contributed by atoms with Crippen molar-refractivity contribution in [3.63, 3.8) is 0 Å². The predicted molar refractivity (Wildman–Crippen MR) is 160 cm³/mol. The third kappa shape index (κ3) is 5.87. The molecule has 0 N–H and O–H groups in total. The van der Waals surface area contributed by atoms with Crippen molar-refractivity contribution in [2.24, 2.45) is 0 Å². The zero-order valence-electron chi connectivity index (χ0n) is 23.3. The van der Waals surface area contributed by atoms with E-state index in [4.69, 9.17) is 10.00 Å². The molecule has 1 aliphatic rings. The molecular formula is C34H30FN5O2. The maximum absolute atomic E-state index is 14.1. The van der Waals surface area contributed by atoms with Crippen LogP contribution in [0.25, 0.3) is 10.8 Å². The molecule has 42 heavy (non-hydrogen) atoms. The number of imidazole rings is 1. The van der Waals surface area contributed by atoms with Gasteiger partial charge in [0.1, 0.15) is 30.1 Å². The number of benzene rings is 4. The van der Waals surface area contributed by atoms with Crippen LogP contribution in [-0.4, -0.2) is 40.0 Å². The number of hydrogen-bond acceptors (Lipinski definition) is 5. The standard InChI is InChI=1S/C34H30FN5O2/c1-24-37-29(21-39(24)19-26-10-11-28(18-36)32(35)16-26)20-38-14-15-40(34(41)22-38)33-9-5-8-27-12-13-30(17-31(27)33)42-23-25-6-3-2-4-7-25/h2-13,16-17,21H,14-15,19-20,22-23H2,1H3. The first kappa shape index (κ1) is 27.2. The molecule has 0 radical (unpaired) electrons. The lowest BCUT2D eigenvalue weighted by Crippen LogP contribution is -2.50. The molecule has 1 amide bonds. The van der Waals surface area contributed by atoms with Gasteiger partial charge in [-0.05, 0) is 53.8 Å². The summed E-state index contributed by atoms with van der Waals surface area (Å²) in [5, 5.41) is 11.0. The van der Waals surface area contributed by atoms with Gasteiger partial charge in [0.15, 0.2) is 0 Å². The number of carbonyl (C=O) groups is 1. The maximum atomic E-state index is 14.1. The first-order valence-corrected chi connectivity index (χ1v) is 13.9. The van der Waals surface area contributed by atoms with E-state index >= 15 is 0 Å². The van der Waals surface area contributed by atoms with Crippen LogP contribution in [0.15, 0.2) is 91.1 Å². The highest BCUT2D eigenvalue weighted by atomic mass is 19.1. The second kappa shape index (κ2) is 11.9. The highest BCUT2D eigenvalue weighted by Crippen LogP contribution is 2.31. The molecule has 0 aliphatic carbocycles. The summed E-state index contributed by atoms with van der Waals surface area (Å²) in [6.45, 7) is 4.94. The Balaban J connectivity index is 1.12. The monoisotopic (exact) mass is 559 g/mol. The van der Waals surface area contributed by atoms with Crippen LogP contribution in [0.2, 0.25) is 0 Å². The summed E-state index contributed by atoms with van der Waals surface area (Å²) in [4.78, 5) is 22.1. The third-order valence-electron chi connectivity index (χ3n) is 7.59. The van der Waals surface area contributed by atoms with Crippen LogP contribution in [0.3, 0.4) is 0 Å². The van der Waals surface area contributed by atoms with Crippen LogP contribution in [0.1, 0.15) is 28.2 Å². The minimum atomic E-state index is -0.522. The lowest BCUT2D eigenvalue weighted by molar-refractivity contribution is -0.121. The summed E-state index contributed by atoms with van der Waals surface area (Å²) in [7, 11) is 0. The minimum absolute atomic E-state index is 0.0333. The molecule has 1 aromatic heterocycles. The molecule has 7 nitrogen and oxygen atoms in total. The number of hydrogen-bond donors (Lipinski definition) is 0. The molecule has 0 spiro atoms. The van der Waals surface area contributed by atoms with E-state index < -0.39 is 5.82 Å². The molecule has 0 unspecified atom stereocenters. The van der Waals surface area contributed by atoms with Crippen LogP contribution in [-0.2, 0) is 24.5 Å². The van der Waals surface area contributed by atoms with Crippen LogP contribution >= 0.6 is 0 Å². The van der Waals surface area contributed by atoms with Gasteiger partial charge in [0.2, 0.25) is 5.91 Å². The molecule has 4 aromatic carbocycles. The van der Waals surface area contributed by atoms with Crippen LogP contribution in [0.5, 0.6) is 5.75 Å². The summed E-state index contributed by atoms with van der Waals surface area (Å²) in [6.07, 6.45) is 1.95. The van der Waals surface area contributed by atoms with Crippen molar-refractivity contribution in [3.8, 4) is 11.8 Å². The van der Waals surface area contributed by atoms with E-state index in [9.17, 15) is 9.18 Å². The van der Waals surface area contributed by atoms with Crippen LogP contribution in [0.4, 0.5) is 10.1 Å². The molecule has 1 aliphatic heterocycles. The topological polar surface area (TPSA) is 74.4 Å². The quantitative estimate of drug-likeness (QED) is 0.239. The van der Waals surface area contributed by atoms with Gasteiger partial charge in [-0.25, -0.2) is 9.37 Å². The smallest absolute Gasteiger partial charge is 0.241 e. The van der Waals surface area contributed by atoms with Crippen LogP contribution < -0.4 is 9.64 Å². The number of anilines is 1. The van der Waals surface area contributed by atoms with E-state index in [1.165, 1.54) is 12.1 Å². The van der Waals surface area contributed by atoms with Crippen molar-refractivity contribution >= 4 is 22.4 Å². The lowest BCUT2D eigenvalue weighted by atomic mass is 10.1. The molecule has 6 rings (SSSR count). The van der Waals surface area contributed by atoms with Crippen LogP contribution in [0, 0.1) is 24.1 Å². The van der Waals surface area contributed by atoms with Gasteiger partial charge in [-0.1, -0.05) is 54.6 Å². The van der Waals surface area contributed by atoms with Gasteiger partial charge in [-0.3, -0.25) is 9.69 Å². The van der Waals surface area contributed by atoms with E-state index in [2.05, 4.69) is 9.88 Å². The van der Waals surface area contributed by atoms with E-state index in [0.717, 1.165) is 44.9 Å². The highest BCUT2D eigenvalue weighted by molar-refractivity contribution is 6.05. The fraction of sp³-hybridized carbons (Fsp3) is 0.206. The fourth-order valence-electron chi connectivity index (χ4n) is 5.40. The van der Waals surface area contributed by atoms with Gasteiger partial charge in [-0.2, -0.15) is 5.26 Å². The van der Waals surface area contributed by atoms with Crippen molar-refractivity contribution in [3.05, 3.63) is 125 Å². The average Bonchev–Trinajstić information content (AvgIpc) is 3.34. The summed E-state index contributed by atoms with van der Waals surface area (Å²) in [5.41, 5.74) is 3.63. The first-order chi connectivity index (χ1) is 20.5. The summed E-state index contributed by atoms with van der Waals surface area (Å²) >= 11 is 0. The Morgan fingerprint density at radius 1 is 0.952 bits per heavy atom. The van der Waals surface area contributed by atoms with E-state index in [1.54, 1.807) is 6.07 Å². The normalized spacial score (nSPS) is 13.8. The number of nitriles is 1. The molecule has 210 valence electrons. The number of aromatic nitrogens is 2. The number of amides is 1. The Morgan fingerprint density at radius 3 is 2.60 bits per heavy atom. The number of fused-ring (bicyclic) bond motifs is 1. The number of rotatable bonds is 8. The summed E-state index contributed by atoms with van der Waals surface area (Å²) < 4.78 is 22.1. The molecule has 8 heteroatoms. The van der Waals surface area contributed by atoms with Crippen molar-refractivity contribution in [1.29, 1.82) is 5.26 Å². The van der Waals surface area contributed by atoms with Gasteiger partial charge in [0, 0.05) is 37.8 Å². The highest BCUT2D eigenvalue weighted by Gasteiger charge is 2.27. The second-order valence-corrected chi connectivity index (χ2v) is 10.5. The SMILES string of the molecule is Cc1nc(CN2CCN(c3cccc4ccc(OCc5ccccc5)cc34)C(=O)C2)cn1Cc1ccc(C#N)c(F)c1. The zero-order valence-corrected chi connectivity index (χ0v) is 23.3. The molecule has 0 saturated carbocycles. The van der Waals surface area contributed by atoms with Gasteiger partial charge < -0.3 is 14.2 Å². The minimum Gasteiger partial charge on any atom is -0.489 e. The number of nitrogens with zero attached hydrogens (tertiary/aromatic N) is 5. The largest absolute Gasteiger partial charge is 0.489 e. The van der Waals surface area contributed by atoms with Gasteiger partial charge >= 0.3 is 0 Å². The molecule has 5 aromatic rings. The van der Waals surface area contributed by atoms with E-state index in [0.29, 0.717) is 32.8 Å². The van der Waals surface area contributed by atoms with E-state index in [1.807, 2.05) is 95.4 Å². The number of ether oxygens (including phenoxy) is 1. The third-order valence-corrected chi connectivity index (χ3v) is 7.59. The first-order valence-electron chi connectivity index (χ1n) is 13.9. The van der Waals surface area contributed by atoms with Crippen molar-refractivity contribution in [2.75, 3.05) is 24.5 Å². The summed E-state index contributed by atoms with van der Waals surface area (Å²) in [6, 6.07) is 28.6. The number of carbonyl (C=O) groups excluding carboxylic acids is 1. The Morgan fingerprint density at radius 2 is 1.81 bits per heavy atom. The number of aryl methyl sites for hydroxylation is 1.